The van der Waals surface area contributed by atoms with Gasteiger partial charge in [-0.15, -0.1) is 0 Å². The van der Waals surface area contributed by atoms with Crippen LogP contribution in [0.2, 0.25) is 0 Å². The zero-order chi connectivity index (χ0) is 17.1. The van der Waals surface area contributed by atoms with Crippen molar-refractivity contribution >= 4 is 11.9 Å². The van der Waals surface area contributed by atoms with Gasteiger partial charge in [0.15, 0.2) is 0 Å². The lowest BCUT2D eigenvalue weighted by atomic mass is 9.82. The highest BCUT2D eigenvalue weighted by Gasteiger charge is 2.25. The van der Waals surface area contributed by atoms with Gasteiger partial charge in [-0.1, -0.05) is 12.5 Å². The standard InChI is InChI=1S/C19H26N2O3/c1-21(16-6-3-7-16)12-18(22)20-11-15-5-2-4-13-8-9-14(19(23)24)10-17(13)15/h8-10,15-16H,2-7,11-12H2,1H3,(H,20,22)(H,23,24)/t15-/m1/s1. The summed E-state index contributed by atoms with van der Waals surface area (Å²) in [5.41, 5.74) is 2.64. The monoisotopic (exact) mass is 330 g/mol. The van der Waals surface area contributed by atoms with Crippen molar-refractivity contribution in [1.82, 2.24) is 10.2 Å². The van der Waals surface area contributed by atoms with Crippen LogP contribution < -0.4 is 5.32 Å². The number of likely N-dealkylation sites (N-methyl/N-ethyl adjacent to an activating group) is 1. The van der Waals surface area contributed by atoms with Gasteiger partial charge < -0.3 is 10.4 Å². The van der Waals surface area contributed by atoms with E-state index in [4.69, 9.17) is 0 Å². The number of hydrogen-bond donors (Lipinski definition) is 2. The Labute approximate surface area is 143 Å². The quantitative estimate of drug-likeness (QED) is 0.840. The van der Waals surface area contributed by atoms with Gasteiger partial charge in [-0.2, -0.15) is 0 Å². The third-order valence-corrected chi connectivity index (χ3v) is 5.47. The number of rotatable bonds is 6. The van der Waals surface area contributed by atoms with Crippen molar-refractivity contribution in [2.45, 2.75) is 50.5 Å². The smallest absolute Gasteiger partial charge is 0.335 e. The summed E-state index contributed by atoms with van der Waals surface area (Å²) in [5, 5.41) is 12.2. The number of carbonyl (C=O) groups excluding carboxylic acids is 1. The second-order valence-electron chi connectivity index (χ2n) is 7.11. The van der Waals surface area contributed by atoms with Crippen molar-refractivity contribution < 1.29 is 14.7 Å². The first kappa shape index (κ1) is 17.0. The Morgan fingerprint density at radius 2 is 2.04 bits per heavy atom. The summed E-state index contributed by atoms with van der Waals surface area (Å²) in [7, 11) is 2.01. The van der Waals surface area contributed by atoms with Gasteiger partial charge in [0.05, 0.1) is 12.1 Å². The van der Waals surface area contributed by atoms with Crippen LogP contribution in [0.15, 0.2) is 18.2 Å². The average molecular weight is 330 g/mol. The molecule has 5 heteroatoms. The van der Waals surface area contributed by atoms with E-state index >= 15 is 0 Å². The summed E-state index contributed by atoms with van der Waals surface area (Å²) in [6.07, 6.45) is 6.72. The molecule has 2 aliphatic rings. The first-order valence-electron chi connectivity index (χ1n) is 8.87. The Bertz CT molecular complexity index is 625. The summed E-state index contributed by atoms with van der Waals surface area (Å²) in [6, 6.07) is 5.95. The normalized spacial score (nSPS) is 20.3. The number of carbonyl (C=O) groups is 2. The van der Waals surface area contributed by atoms with Crippen LogP contribution in [0.1, 0.15) is 59.5 Å². The van der Waals surface area contributed by atoms with Crippen LogP contribution >= 0.6 is 0 Å². The van der Waals surface area contributed by atoms with E-state index < -0.39 is 5.97 Å². The Balaban J connectivity index is 1.59. The fourth-order valence-electron chi connectivity index (χ4n) is 3.72. The molecule has 130 valence electrons. The summed E-state index contributed by atoms with van der Waals surface area (Å²) < 4.78 is 0. The van der Waals surface area contributed by atoms with E-state index in [1.165, 1.54) is 24.8 Å². The Morgan fingerprint density at radius 1 is 1.25 bits per heavy atom. The lowest BCUT2D eigenvalue weighted by Gasteiger charge is -2.34. The summed E-state index contributed by atoms with van der Waals surface area (Å²) >= 11 is 0. The molecule has 24 heavy (non-hydrogen) atoms. The molecule has 0 saturated heterocycles. The molecule has 0 aliphatic heterocycles. The van der Waals surface area contributed by atoms with E-state index in [0.29, 0.717) is 24.7 Å². The van der Waals surface area contributed by atoms with Crippen molar-refractivity contribution in [2.75, 3.05) is 20.1 Å². The maximum Gasteiger partial charge on any atom is 0.335 e. The van der Waals surface area contributed by atoms with Crippen LogP contribution in [0.4, 0.5) is 0 Å². The van der Waals surface area contributed by atoms with Gasteiger partial charge in [0, 0.05) is 18.5 Å². The summed E-state index contributed by atoms with van der Waals surface area (Å²) in [6.45, 7) is 1.03. The molecular formula is C19H26N2O3. The largest absolute Gasteiger partial charge is 0.478 e. The number of fused-ring (bicyclic) bond motifs is 1. The van der Waals surface area contributed by atoms with Gasteiger partial charge in [0.1, 0.15) is 0 Å². The van der Waals surface area contributed by atoms with E-state index in [1.807, 2.05) is 13.1 Å². The van der Waals surface area contributed by atoms with Gasteiger partial charge in [-0.3, -0.25) is 9.69 Å². The van der Waals surface area contributed by atoms with Crippen molar-refractivity contribution in [3.63, 3.8) is 0 Å². The molecule has 0 aromatic heterocycles. The number of carboxylic acid groups (broad SMARTS) is 1. The zero-order valence-electron chi connectivity index (χ0n) is 14.3. The number of carboxylic acids is 1. The van der Waals surface area contributed by atoms with E-state index in [9.17, 15) is 14.7 Å². The fourth-order valence-corrected chi connectivity index (χ4v) is 3.72. The molecule has 1 fully saturated rings. The van der Waals surface area contributed by atoms with Crippen molar-refractivity contribution in [1.29, 1.82) is 0 Å². The molecule has 1 aromatic rings. The fraction of sp³-hybridized carbons (Fsp3) is 0.579. The molecular weight excluding hydrogens is 304 g/mol. The maximum absolute atomic E-state index is 12.2. The van der Waals surface area contributed by atoms with E-state index in [0.717, 1.165) is 24.8 Å². The number of aryl methyl sites for hydroxylation is 1. The third kappa shape index (κ3) is 3.78. The minimum Gasteiger partial charge on any atom is -0.478 e. The van der Waals surface area contributed by atoms with Crippen LogP contribution in [0, 0.1) is 0 Å². The van der Waals surface area contributed by atoms with Gasteiger partial charge in [0.25, 0.3) is 0 Å². The highest BCUT2D eigenvalue weighted by atomic mass is 16.4. The highest BCUT2D eigenvalue weighted by molar-refractivity contribution is 5.88. The first-order chi connectivity index (χ1) is 11.5. The molecule has 1 saturated carbocycles. The summed E-state index contributed by atoms with van der Waals surface area (Å²) in [5.74, 6) is -0.620. The van der Waals surface area contributed by atoms with Crippen LogP contribution in [-0.2, 0) is 11.2 Å². The van der Waals surface area contributed by atoms with Crippen LogP contribution in [-0.4, -0.2) is 48.1 Å². The number of aromatic carboxylic acids is 1. The second kappa shape index (κ2) is 7.34. The highest BCUT2D eigenvalue weighted by Crippen LogP contribution is 2.32. The number of nitrogens with zero attached hydrogens (tertiary/aromatic N) is 1. The van der Waals surface area contributed by atoms with E-state index in [-0.39, 0.29) is 11.8 Å². The molecule has 2 aliphatic carbocycles. The first-order valence-corrected chi connectivity index (χ1v) is 8.87. The molecule has 1 atom stereocenters. The Kier molecular flexibility index (Phi) is 5.19. The number of hydrogen-bond acceptors (Lipinski definition) is 3. The number of benzene rings is 1. The minimum absolute atomic E-state index is 0.0610. The van der Waals surface area contributed by atoms with Crippen LogP contribution in [0.3, 0.4) is 0 Å². The second-order valence-corrected chi connectivity index (χ2v) is 7.11. The predicted molar refractivity (Wildman–Crippen MR) is 92.4 cm³/mol. The average Bonchev–Trinajstić information content (AvgIpc) is 2.50. The molecule has 0 radical (unpaired) electrons. The van der Waals surface area contributed by atoms with Crippen LogP contribution in [0.5, 0.6) is 0 Å². The minimum atomic E-state index is -0.895. The van der Waals surface area contributed by atoms with Gasteiger partial charge in [0.2, 0.25) is 5.91 Å². The molecule has 3 rings (SSSR count). The van der Waals surface area contributed by atoms with Gasteiger partial charge in [-0.05, 0) is 62.4 Å². The molecule has 0 unspecified atom stereocenters. The molecule has 1 aromatic carbocycles. The lowest BCUT2D eigenvalue weighted by molar-refractivity contribution is -0.122. The maximum atomic E-state index is 12.2. The molecule has 0 bridgehead atoms. The van der Waals surface area contributed by atoms with Crippen molar-refractivity contribution in [3.05, 3.63) is 34.9 Å². The van der Waals surface area contributed by atoms with E-state index in [1.54, 1.807) is 12.1 Å². The predicted octanol–water partition coefficient (Wildman–Crippen LogP) is 2.41. The number of nitrogens with one attached hydrogen (secondary N) is 1. The molecule has 2 N–H and O–H groups in total. The number of amides is 1. The van der Waals surface area contributed by atoms with Crippen molar-refractivity contribution in [3.8, 4) is 0 Å². The van der Waals surface area contributed by atoms with E-state index in [2.05, 4.69) is 10.2 Å². The van der Waals surface area contributed by atoms with Gasteiger partial charge >= 0.3 is 5.97 Å². The Hall–Kier alpha value is -1.88. The topological polar surface area (TPSA) is 69.6 Å². The third-order valence-electron chi connectivity index (χ3n) is 5.47. The van der Waals surface area contributed by atoms with Crippen molar-refractivity contribution in [2.24, 2.45) is 0 Å². The van der Waals surface area contributed by atoms with Gasteiger partial charge in [-0.25, -0.2) is 4.79 Å². The zero-order valence-corrected chi connectivity index (χ0v) is 14.3. The SMILES string of the molecule is CN(CC(=O)NC[C@H]1CCCc2ccc(C(=O)O)cc21)C1CCC1. The molecule has 0 heterocycles. The Morgan fingerprint density at radius 3 is 2.71 bits per heavy atom. The molecule has 0 spiro atoms. The van der Waals surface area contributed by atoms with Crippen LogP contribution in [0.25, 0.3) is 0 Å². The lowest BCUT2D eigenvalue weighted by Crippen LogP contribution is -2.44. The summed E-state index contributed by atoms with van der Waals surface area (Å²) in [4.78, 5) is 25.5. The molecule has 5 nitrogen and oxygen atoms in total. The molecule has 1 amide bonds.